The Morgan fingerprint density at radius 2 is 1.81 bits per heavy atom. The number of aryl methyl sites for hydroxylation is 2. The van der Waals surface area contributed by atoms with Gasteiger partial charge in [0.25, 0.3) is 5.91 Å². The summed E-state index contributed by atoms with van der Waals surface area (Å²) in [4.78, 5) is 32.3. The first kappa shape index (κ1) is 28.6. The van der Waals surface area contributed by atoms with Crippen LogP contribution in [0.2, 0.25) is 0 Å². The Morgan fingerprint density at radius 3 is 2.53 bits per heavy atom. The van der Waals surface area contributed by atoms with Crippen LogP contribution in [0.3, 0.4) is 0 Å². The Hall–Kier alpha value is -4.55. The molecule has 0 spiro atoms. The van der Waals surface area contributed by atoms with Gasteiger partial charge in [-0.3, -0.25) is 15.1 Å². The Bertz CT molecular complexity index is 1740. The molecule has 5 N–H and O–H groups in total. The number of aromatic amines is 1. The lowest BCUT2D eigenvalue weighted by atomic mass is 9.84. The monoisotopic (exact) mass is 574 g/mol. The van der Waals surface area contributed by atoms with E-state index in [0.717, 1.165) is 66.9 Å². The summed E-state index contributed by atoms with van der Waals surface area (Å²) in [5.74, 6) is 7.17. The fourth-order valence-corrected chi connectivity index (χ4v) is 6.23. The first-order valence-electron chi connectivity index (χ1n) is 15.2. The van der Waals surface area contributed by atoms with E-state index in [-0.39, 0.29) is 17.7 Å². The lowest BCUT2D eigenvalue weighted by Gasteiger charge is -2.24. The van der Waals surface area contributed by atoms with E-state index < -0.39 is 0 Å². The van der Waals surface area contributed by atoms with Crippen LogP contribution in [0, 0.1) is 24.2 Å². The molecule has 220 valence electrons. The van der Waals surface area contributed by atoms with Gasteiger partial charge in [-0.2, -0.15) is 0 Å². The van der Waals surface area contributed by atoms with Gasteiger partial charge in [-0.1, -0.05) is 24.5 Å². The number of aromatic nitrogens is 4. The molecule has 6 rings (SSSR count). The number of hydrogen-bond donors (Lipinski definition) is 4. The zero-order chi connectivity index (χ0) is 29.9. The second kappa shape index (κ2) is 12.4. The molecule has 1 aromatic carbocycles. The number of hydrogen-bond acceptors (Lipinski definition) is 7. The van der Waals surface area contributed by atoms with Crippen molar-refractivity contribution in [2.24, 2.45) is 0 Å². The third-order valence-electron chi connectivity index (χ3n) is 8.49. The van der Waals surface area contributed by atoms with Crippen LogP contribution in [0.25, 0.3) is 22.2 Å². The van der Waals surface area contributed by atoms with Gasteiger partial charge in [0, 0.05) is 28.4 Å². The number of H-pyrrole nitrogens is 1. The Balaban J connectivity index is 1.30. The van der Waals surface area contributed by atoms with Crippen molar-refractivity contribution in [2.75, 3.05) is 25.4 Å². The first-order valence-corrected chi connectivity index (χ1v) is 15.2. The molecule has 9 heteroatoms. The molecule has 0 saturated carbocycles. The standard InChI is InChI=1S/C34H38N8O/c1-21-19-38-33(39-21)22(2)40-34(43)24-14-12-23(13-15-24)31-26-10-5-4-9-25(26)29-28(41-31)20-37-32(36)30(29)27(35)11-8-18-42-16-6-3-7-17-42/h12-15,19-20,22,35H,3-7,9-10,16-18H2,1-2H3,(H2,36,37)(H,38,39)(H,40,43). The molecule has 3 aromatic heterocycles. The number of rotatable bonds is 6. The topological polar surface area (TPSA) is 137 Å². The molecule has 43 heavy (non-hydrogen) atoms. The number of anilines is 1. The highest BCUT2D eigenvalue weighted by atomic mass is 16.1. The highest BCUT2D eigenvalue weighted by molar-refractivity contribution is 6.21. The average Bonchev–Trinajstić information content (AvgIpc) is 3.47. The third kappa shape index (κ3) is 6.02. The number of nitrogens with zero attached hydrogens (tertiary/aromatic N) is 4. The van der Waals surface area contributed by atoms with Gasteiger partial charge in [0.05, 0.1) is 35.6 Å². The van der Waals surface area contributed by atoms with Crippen molar-refractivity contribution >= 4 is 28.3 Å². The van der Waals surface area contributed by atoms with Crippen LogP contribution in [-0.2, 0) is 12.8 Å². The number of likely N-dealkylation sites (tertiary alicyclic amines) is 1. The molecule has 1 saturated heterocycles. The van der Waals surface area contributed by atoms with Crippen molar-refractivity contribution < 1.29 is 4.79 Å². The minimum absolute atomic E-state index is 0.161. The molecule has 1 atom stereocenters. The summed E-state index contributed by atoms with van der Waals surface area (Å²) >= 11 is 0. The fourth-order valence-electron chi connectivity index (χ4n) is 6.23. The summed E-state index contributed by atoms with van der Waals surface area (Å²) in [6, 6.07) is 7.36. The highest BCUT2D eigenvalue weighted by Gasteiger charge is 2.24. The van der Waals surface area contributed by atoms with Gasteiger partial charge in [-0.05, 0) is 94.6 Å². The molecule has 2 aliphatic rings. The molecule has 1 unspecified atom stereocenters. The third-order valence-corrected chi connectivity index (χ3v) is 8.49. The lowest BCUT2D eigenvalue weighted by molar-refractivity contribution is 0.0938. The van der Waals surface area contributed by atoms with Crippen molar-refractivity contribution in [3.05, 3.63) is 70.4 Å². The fraction of sp³-hybridized carbons (Fsp3) is 0.382. The minimum atomic E-state index is -0.239. The minimum Gasteiger partial charge on any atom is -0.383 e. The maximum atomic E-state index is 13.0. The van der Waals surface area contributed by atoms with Gasteiger partial charge in [0.2, 0.25) is 0 Å². The summed E-state index contributed by atoms with van der Waals surface area (Å²) in [7, 11) is 0. The number of amides is 1. The zero-order valence-electron chi connectivity index (χ0n) is 24.9. The van der Waals surface area contributed by atoms with Crippen molar-refractivity contribution in [2.45, 2.75) is 64.8 Å². The van der Waals surface area contributed by atoms with Crippen LogP contribution >= 0.6 is 0 Å². The van der Waals surface area contributed by atoms with E-state index in [1.807, 2.05) is 38.1 Å². The molecule has 1 amide bonds. The molecule has 9 nitrogen and oxygen atoms in total. The van der Waals surface area contributed by atoms with Crippen LogP contribution in [0.5, 0.6) is 0 Å². The predicted octanol–water partition coefficient (Wildman–Crippen LogP) is 5.14. The van der Waals surface area contributed by atoms with E-state index in [0.29, 0.717) is 29.0 Å². The summed E-state index contributed by atoms with van der Waals surface area (Å²) < 4.78 is 0. The summed E-state index contributed by atoms with van der Waals surface area (Å²) in [5, 5.41) is 12.8. The van der Waals surface area contributed by atoms with Crippen molar-refractivity contribution in [3.63, 3.8) is 0 Å². The largest absolute Gasteiger partial charge is 0.383 e. The number of carbonyl (C=O) groups excluding carboxylic acids is 1. The van der Waals surface area contributed by atoms with Gasteiger partial charge >= 0.3 is 0 Å². The number of nitrogen functional groups attached to an aromatic ring is 1. The van der Waals surface area contributed by atoms with Crippen LogP contribution < -0.4 is 11.1 Å². The van der Waals surface area contributed by atoms with Gasteiger partial charge < -0.3 is 16.0 Å². The molecular formula is C34H38N8O. The molecule has 1 aliphatic carbocycles. The van der Waals surface area contributed by atoms with Crippen molar-refractivity contribution in [1.29, 1.82) is 5.41 Å². The summed E-state index contributed by atoms with van der Waals surface area (Å²) in [5.41, 5.74) is 13.6. The number of pyridine rings is 2. The Kier molecular flexibility index (Phi) is 8.21. The second-order valence-corrected chi connectivity index (χ2v) is 11.6. The number of benzene rings is 1. The van der Waals surface area contributed by atoms with Crippen molar-refractivity contribution in [1.82, 2.24) is 30.2 Å². The van der Waals surface area contributed by atoms with E-state index in [1.54, 1.807) is 12.4 Å². The quantitative estimate of drug-likeness (QED) is 0.186. The maximum absolute atomic E-state index is 13.0. The second-order valence-electron chi connectivity index (χ2n) is 11.6. The number of nitrogens with one attached hydrogen (secondary N) is 3. The molecule has 0 radical (unpaired) electrons. The Morgan fingerprint density at radius 1 is 1.07 bits per heavy atom. The SMILES string of the molecule is Cc1cnc(C(C)NC(=O)c2ccc(-c3nc4cnc(N)c(C(=N)C#CCN5CCCCC5)c4c4c3CCCC4)cc2)[nH]1. The molecule has 4 aromatic rings. The summed E-state index contributed by atoms with van der Waals surface area (Å²) in [6.07, 6.45) is 11.1. The molecular weight excluding hydrogens is 536 g/mol. The normalized spacial score (nSPS) is 15.8. The number of imidazole rings is 1. The van der Waals surface area contributed by atoms with Gasteiger partial charge in [-0.25, -0.2) is 15.0 Å². The van der Waals surface area contributed by atoms with Crippen LogP contribution in [0.1, 0.15) is 83.6 Å². The Labute approximate surface area is 252 Å². The molecule has 1 fully saturated rings. The van der Waals surface area contributed by atoms with Crippen LogP contribution in [0.15, 0.2) is 36.7 Å². The van der Waals surface area contributed by atoms with Crippen molar-refractivity contribution in [3.8, 4) is 23.1 Å². The maximum Gasteiger partial charge on any atom is 0.251 e. The van der Waals surface area contributed by atoms with Gasteiger partial charge in [0.1, 0.15) is 17.4 Å². The number of carbonyl (C=O) groups is 1. The zero-order valence-corrected chi connectivity index (χ0v) is 24.9. The van der Waals surface area contributed by atoms with E-state index in [4.69, 9.17) is 16.1 Å². The number of piperidine rings is 1. The summed E-state index contributed by atoms with van der Waals surface area (Å²) in [6.45, 7) is 6.64. The first-order chi connectivity index (χ1) is 20.9. The van der Waals surface area contributed by atoms with E-state index in [9.17, 15) is 4.79 Å². The molecule has 4 heterocycles. The average molecular weight is 575 g/mol. The smallest absolute Gasteiger partial charge is 0.251 e. The van der Waals surface area contributed by atoms with E-state index in [1.165, 1.54) is 30.4 Å². The van der Waals surface area contributed by atoms with E-state index >= 15 is 0 Å². The molecule has 1 aliphatic heterocycles. The molecule has 0 bridgehead atoms. The number of nitrogens with two attached hydrogens (primary N) is 1. The van der Waals surface area contributed by atoms with E-state index in [2.05, 4.69) is 37.0 Å². The lowest BCUT2D eigenvalue weighted by Crippen LogP contribution is -2.29. The van der Waals surface area contributed by atoms with Gasteiger partial charge in [-0.15, -0.1) is 0 Å². The van der Waals surface area contributed by atoms with Crippen LogP contribution in [0.4, 0.5) is 5.82 Å². The predicted molar refractivity (Wildman–Crippen MR) is 170 cm³/mol. The van der Waals surface area contributed by atoms with Crippen LogP contribution in [-0.4, -0.2) is 56.1 Å². The van der Waals surface area contributed by atoms with Gasteiger partial charge in [0.15, 0.2) is 0 Å². The number of fused-ring (bicyclic) bond motifs is 3. The highest BCUT2D eigenvalue weighted by Crippen LogP contribution is 2.37.